The third-order valence-corrected chi connectivity index (χ3v) is 6.38. The van der Waals surface area contributed by atoms with Crippen molar-refractivity contribution in [1.29, 1.82) is 0 Å². The first-order valence-electron chi connectivity index (χ1n) is 10.1. The van der Waals surface area contributed by atoms with Crippen molar-refractivity contribution in [3.8, 4) is 17.2 Å². The highest BCUT2D eigenvalue weighted by molar-refractivity contribution is 8.18. The van der Waals surface area contributed by atoms with Crippen molar-refractivity contribution in [3.05, 3.63) is 52.7 Å². The number of aliphatic imine (C=N–C) groups is 1. The fraction of sp³-hybridized carbons (Fsp3) is 0.304. The van der Waals surface area contributed by atoms with Gasteiger partial charge in [0, 0.05) is 26.2 Å². The molecule has 0 spiro atoms. The molecule has 0 aliphatic carbocycles. The Morgan fingerprint density at radius 3 is 2.19 bits per heavy atom. The van der Waals surface area contributed by atoms with Crippen LogP contribution in [0.3, 0.4) is 0 Å². The number of hydrogen-bond donors (Lipinski definition) is 0. The Labute approximate surface area is 190 Å². The molecule has 0 unspecified atom stereocenters. The van der Waals surface area contributed by atoms with E-state index in [1.807, 2.05) is 11.0 Å². The van der Waals surface area contributed by atoms with Crippen LogP contribution in [0.15, 0.2) is 46.3 Å². The van der Waals surface area contributed by atoms with E-state index in [1.54, 1.807) is 51.7 Å². The maximum Gasteiger partial charge on any atom is 0.286 e. The summed E-state index contributed by atoms with van der Waals surface area (Å²) in [4.78, 5) is 21.4. The molecule has 0 N–H and O–H groups in total. The van der Waals surface area contributed by atoms with Gasteiger partial charge in [-0.2, -0.15) is 4.99 Å². The number of thioether (sulfide) groups is 1. The number of nitrogens with zero attached hydrogens (tertiary/aromatic N) is 3. The molecule has 0 bridgehead atoms. The molecule has 2 aromatic carbocycles. The first kappa shape index (κ1) is 22.0. The Morgan fingerprint density at radius 2 is 1.59 bits per heavy atom. The van der Waals surface area contributed by atoms with Crippen LogP contribution in [0.4, 0.5) is 10.1 Å². The van der Waals surface area contributed by atoms with E-state index >= 15 is 0 Å². The molecule has 32 heavy (non-hydrogen) atoms. The number of amidine groups is 1. The summed E-state index contributed by atoms with van der Waals surface area (Å²) in [6.07, 6.45) is 1.77. The number of benzene rings is 2. The maximum absolute atomic E-state index is 14.1. The van der Waals surface area contributed by atoms with Crippen LogP contribution in [-0.2, 0) is 4.79 Å². The van der Waals surface area contributed by atoms with Gasteiger partial charge in [0.1, 0.15) is 5.82 Å². The quantitative estimate of drug-likeness (QED) is 0.635. The lowest BCUT2D eigenvalue weighted by molar-refractivity contribution is -0.113. The van der Waals surface area contributed by atoms with Gasteiger partial charge in [0.2, 0.25) is 5.75 Å². The SMILES string of the molecule is COc1cc(C=C2SC(N3CCN(c4ccccc4F)CC3)=NC2=O)cc(OC)c1OC. The van der Waals surface area contributed by atoms with E-state index in [-0.39, 0.29) is 11.7 Å². The molecule has 1 fully saturated rings. The van der Waals surface area contributed by atoms with Gasteiger partial charge in [-0.25, -0.2) is 4.39 Å². The lowest BCUT2D eigenvalue weighted by atomic mass is 10.1. The number of amides is 1. The summed E-state index contributed by atoms with van der Waals surface area (Å²) in [5.74, 6) is 1.01. The van der Waals surface area contributed by atoms with Gasteiger partial charge < -0.3 is 24.0 Å². The van der Waals surface area contributed by atoms with Crippen LogP contribution in [0, 0.1) is 5.82 Å². The van der Waals surface area contributed by atoms with E-state index in [0.717, 1.165) is 5.56 Å². The Hall–Kier alpha value is -3.20. The number of carbonyl (C=O) groups excluding carboxylic acids is 1. The number of anilines is 1. The zero-order chi connectivity index (χ0) is 22.7. The van der Waals surface area contributed by atoms with Crippen LogP contribution in [-0.4, -0.2) is 63.5 Å². The van der Waals surface area contributed by atoms with Gasteiger partial charge in [-0.15, -0.1) is 0 Å². The largest absolute Gasteiger partial charge is 0.493 e. The standard InChI is InChI=1S/C23H24FN3O4S/c1-29-18-12-15(13-19(30-2)21(18)31-3)14-20-22(28)25-23(32-20)27-10-8-26(9-11-27)17-7-5-4-6-16(17)24/h4-7,12-14H,8-11H2,1-3H3. The minimum absolute atomic E-state index is 0.223. The minimum atomic E-state index is -0.282. The van der Waals surface area contributed by atoms with E-state index in [2.05, 4.69) is 9.89 Å². The average molecular weight is 458 g/mol. The predicted octanol–water partition coefficient (Wildman–Crippen LogP) is 3.64. The second-order valence-corrected chi connectivity index (χ2v) is 8.20. The summed E-state index contributed by atoms with van der Waals surface area (Å²) in [6, 6.07) is 10.3. The summed E-state index contributed by atoms with van der Waals surface area (Å²) in [5.41, 5.74) is 1.35. The normalized spacial score (nSPS) is 17.6. The fourth-order valence-electron chi connectivity index (χ4n) is 3.72. The number of rotatable bonds is 5. The van der Waals surface area contributed by atoms with Gasteiger partial charge in [-0.1, -0.05) is 12.1 Å². The van der Waals surface area contributed by atoms with Crippen molar-refractivity contribution in [3.63, 3.8) is 0 Å². The molecule has 2 aliphatic heterocycles. The highest BCUT2D eigenvalue weighted by Crippen LogP contribution is 2.40. The summed E-state index contributed by atoms with van der Waals surface area (Å²) in [5, 5.41) is 0.668. The summed E-state index contributed by atoms with van der Waals surface area (Å²) >= 11 is 1.34. The summed E-state index contributed by atoms with van der Waals surface area (Å²) in [6.45, 7) is 2.62. The molecule has 4 rings (SSSR count). The molecule has 2 heterocycles. The van der Waals surface area contributed by atoms with Crippen molar-refractivity contribution in [2.24, 2.45) is 4.99 Å². The zero-order valence-corrected chi connectivity index (χ0v) is 18.9. The third kappa shape index (κ3) is 4.38. The lowest BCUT2D eigenvalue weighted by Gasteiger charge is -2.36. The second kappa shape index (κ2) is 9.52. The van der Waals surface area contributed by atoms with Crippen molar-refractivity contribution < 1.29 is 23.4 Å². The fourth-order valence-corrected chi connectivity index (χ4v) is 4.68. The Morgan fingerprint density at radius 1 is 0.969 bits per heavy atom. The number of ether oxygens (including phenoxy) is 3. The average Bonchev–Trinajstić information content (AvgIpc) is 3.18. The highest BCUT2D eigenvalue weighted by Gasteiger charge is 2.29. The lowest BCUT2D eigenvalue weighted by Crippen LogP contribution is -2.48. The Bertz CT molecular complexity index is 1060. The van der Waals surface area contributed by atoms with Crippen LogP contribution in [0.1, 0.15) is 5.56 Å². The smallest absolute Gasteiger partial charge is 0.286 e. The topological polar surface area (TPSA) is 63.6 Å². The number of piperazine rings is 1. The van der Waals surface area contributed by atoms with Crippen molar-refractivity contribution in [1.82, 2.24) is 4.90 Å². The molecule has 0 aromatic heterocycles. The van der Waals surface area contributed by atoms with Gasteiger partial charge in [0.25, 0.3) is 5.91 Å². The Kier molecular flexibility index (Phi) is 6.55. The number of hydrogen-bond acceptors (Lipinski definition) is 7. The maximum atomic E-state index is 14.1. The number of para-hydroxylation sites is 1. The van der Waals surface area contributed by atoms with Crippen LogP contribution < -0.4 is 19.1 Å². The molecule has 2 aromatic rings. The summed E-state index contributed by atoms with van der Waals surface area (Å²) < 4.78 is 30.2. The number of halogens is 1. The molecule has 9 heteroatoms. The van der Waals surface area contributed by atoms with E-state index in [4.69, 9.17) is 14.2 Å². The molecular weight excluding hydrogens is 433 g/mol. The molecule has 1 amide bonds. The monoisotopic (exact) mass is 457 g/mol. The summed E-state index contributed by atoms with van der Waals surface area (Å²) in [7, 11) is 4.64. The predicted molar refractivity (Wildman–Crippen MR) is 124 cm³/mol. The van der Waals surface area contributed by atoms with E-state index < -0.39 is 0 Å². The van der Waals surface area contributed by atoms with Gasteiger partial charge in [0.15, 0.2) is 16.7 Å². The van der Waals surface area contributed by atoms with Crippen molar-refractivity contribution >= 4 is 34.6 Å². The molecule has 1 saturated heterocycles. The number of methoxy groups -OCH3 is 3. The van der Waals surface area contributed by atoms with Crippen LogP contribution >= 0.6 is 11.8 Å². The molecule has 0 saturated carbocycles. The first-order chi connectivity index (χ1) is 15.5. The van der Waals surface area contributed by atoms with E-state index in [1.165, 1.54) is 17.8 Å². The van der Waals surface area contributed by atoms with Crippen LogP contribution in [0.5, 0.6) is 17.2 Å². The van der Waals surface area contributed by atoms with Gasteiger partial charge in [-0.05, 0) is 47.7 Å². The van der Waals surface area contributed by atoms with Gasteiger partial charge >= 0.3 is 0 Å². The van der Waals surface area contributed by atoms with Crippen molar-refractivity contribution in [2.45, 2.75) is 0 Å². The number of carbonyl (C=O) groups is 1. The molecular formula is C23H24FN3O4S. The molecule has 0 radical (unpaired) electrons. The molecule has 0 atom stereocenters. The van der Waals surface area contributed by atoms with Crippen LogP contribution in [0.2, 0.25) is 0 Å². The zero-order valence-electron chi connectivity index (χ0n) is 18.1. The first-order valence-corrected chi connectivity index (χ1v) is 10.9. The van der Waals surface area contributed by atoms with Crippen molar-refractivity contribution in [2.75, 3.05) is 52.4 Å². The minimum Gasteiger partial charge on any atom is -0.493 e. The molecule has 7 nitrogen and oxygen atoms in total. The highest BCUT2D eigenvalue weighted by atomic mass is 32.2. The van der Waals surface area contributed by atoms with Gasteiger partial charge in [-0.3, -0.25) is 4.79 Å². The van der Waals surface area contributed by atoms with Crippen LogP contribution in [0.25, 0.3) is 6.08 Å². The van der Waals surface area contributed by atoms with Gasteiger partial charge in [0.05, 0.1) is 31.9 Å². The Balaban J connectivity index is 1.46. The molecule has 2 aliphatic rings. The molecule has 168 valence electrons. The third-order valence-electron chi connectivity index (χ3n) is 5.34. The second-order valence-electron chi connectivity index (χ2n) is 7.19. The van der Waals surface area contributed by atoms with E-state index in [9.17, 15) is 9.18 Å². The van der Waals surface area contributed by atoms with E-state index in [0.29, 0.717) is 59.2 Å².